The van der Waals surface area contributed by atoms with Gasteiger partial charge in [-0.05, 0) is 25.2 Å². The second-order valence-electron chi connectivity index (χ2n) is 4.88. The molecular formula is C13H14FNO2. The molecule has 0 saturated carbocycles. The first-order valence-electron chi connectivity index (χ1n) is 5.83. The van der Waals surface area contributed by atoms with Crippen molar-refractivity contribution in [2.45, 2.75) is 18.4 Å². The molecule has 0 aliphatic carbocycles. The van der Waals surface area contributed by atoms with Crippen molar-refractivity contribution in [1.82, 2.24) is 4.90 Å². The number of likely N-dealkylation sites (tertiary alicyclic amines) is 1. The third kappa shape index (κ3) is 1.55. The van der Waals surface area contributed by atoms with Crippen molar-refractivity contribution in [3.05, 3.63) is 35.1 Å². The second kappa shape index (κ2) is 3.53. The molecule has 0 atom stereocenters. The van der Waals surface area contributed by atoms with Gasteiger partial charge in [-0.15, -0.1) is 0 Å². The van der Waals surface area contributed by atoms with Crippen LogP contribution in [0.15, 0.2) is 18.2 Å². The van der Waals surface area contributed by atoms with Crippen LogP contribution in [0.3, 0.4) is 0 Å². The van der Waals surface area contributed by atoms with Crippen molar-refractivity contribution in [2.24, 2.45) is 0 Å². The standard InChI is InChI=1S/C13H14FNO2/c1-15-6-4-13(5-7-15)11-8-9(14)2-3-10(11)12(16)17-13/h2-3,8H,4-7H2,1H3. The van der Waals surface area contributed by atoms with Crippen LogP contribution in [-0.4, -0.2) is 31.0 Å². The molecule has 4 heteroatoms. The molecule has 1 aromatic rings. The number of ether oxygens (including phenoxy) is 1. The smallest absolute Gasteiger partial charge is 0.339 e. The maximum atomic E-state index is 13.3. The van der Waals surface area contributed by atoms with E-state index in [2.05, 4.69) is 4.90 Å². The Morgan fingerprint density at radius 1 is 1.35 bits per heavy atom. The van der Waals surface area contributed by atoms with Gasteiger partial charge in [-0.3, -0.25) is 0 Å². The highest BCUT2D eigenvalue weighted by atomic mass is 19.1. The van der Waals surface area contributed by atoms with Gasteiger partial charge in [0.05, 0.1) is 5.56 Å². The maximum Gasteiger partial charge on any atom is 0.339 e. The lowest BCUT2D eigenvalue weighted by Crippen LogP contribution is -2.41. The number of piperidine rings is 1. The van der Waals surface area contributed by atoms with Crippen molar-refractivity contribution in [3.63, 3.8) is 0 Å². The minimum atomic E-state index is -0.582. The van der Waals surface area contributed by atoms with Gasteiger partial charge >= 0.3 is 5.97 Å². The molecule has 2 aliphatic heterocycles. The Morgan fingerprint density at radius 3 is 2.76 bits per heavy atom. The number of nitrogens with zero attached hydrogens (tertiary/aromatic N) is 1. The number of fused-ring (bicyclic) bond motifs is 2. The number of carbonyl (C=O) groups is 1. The van der Waals surface area contributed by atoms with Gasteiger partial charge < -0.3 is 9.64 Å². The lowest BCUT2D eigenvalue weighted by Gasteiger charge is -2.36. The molecule has 1 fully saturated rings. The number of hydrogen-bond donors (Lipinski definition) is 0. The fourth-order valence-corrected chi connectivity index (χ4v) is 2.71. The number of halogens is 1. The summed E-state index contributed by atoms with van der Waals surface area (Å²) in [5.41, 5.74) is 0.674. The fourth-order valence-electron chi connectivity index (χ4n) is 2.71. The summed E-state index contributed by atoms with van der Waals surface area (Å²) in [6, 6.07) is 4.29. The van der Waals surface area contributed by atoms with Crippen molar-refractivity contribution in [2.75, 3.05) is 20.1 Å². The van der Waals surface area contributed by atoms with Crippen molar-refractivity contribution in [3.8, 4) is 0 Å². The quantitative estimate of drug-likeness (QED) is 0.643. The molecule has 90 valence electrons. The SMILES string of the molecule is CN1CCC2(CC1)OC(=O)c1ccc(F)cc12. The summed E-state index contributed by atoms with van der Waals surface area (Å²) in [7, 11) is 2.04. The van der Waals surface area contributed by atoms with E-state index in [1.54, 1.807) is 0 Å². The largest absolute Gasteiger partial charge is 0.450 e. The summed E-state index contributed by atoms with van der Waals surface area (Å²) in [5.74, 6) is -0.620. The van der Waals surface area contributed by atoms with Crippen LogP contribution in [0.2, 0.25) is 0 Å². The Bertz CT molecular complexity index is 478. The first kappa shape index (κ1) is 10.7. The van der Waals surface area contributed by atoms with E-state index in [-0.39, 0.29) is 11.8 Å². The Kier molecular flexibility index (Phi) is 2.23. The maximum absolute atomic E-state index is 13.3. The summed E-state index contributed by atoms with van der Waals surface area (Å²) < 4.78 is 18.9. The molecule has 0 amide bonds. The molecule has 0 radical (unpaired) electrons. The second-order valence-corrected chi connectivity index (χ2v) is 4.88. The van der Waals surface area contributed by atoms with Crippen LogP contribution in [0.25, 0.3) is 0 Å². The molecule has 2 aliphatic rings. The monoisotopic (exact) mass is 235 g/mol. The number of hydrogen-bond acceptors (Lipinski definition) is 3. The number of carbonyl (C=O) groups excluding carboxylic acids is 1. The molecule has 0 N–H and O–H groups in total. The van der Waals surface area contributed by atoms with Crippen LogP contribution in [-0.2, 0) is 10.3 Å². The van der Waals surface area contributed by atoms with Crippen molar-refractivity contribution >= 4 is 5.97 Å². The molecule has 0 unspecified atom stereocenters. The summed E-state index contributed by atoms with van der Waals surface area (Å²) >= 11 is 0. The number of benzene rings is 1. The first-order chi connectivity index (χ1) is 8.11. The van der Waals surface area contributed by atoms with E-state index in [9.17, 15) is 9.18 Å². The Hall–Kier alpha value is -1.42. The third-order valence-corrected chi connectivity index (χ3v) is 3.78. The van der Waals surface area contributed by atoms with Gasteiger partial charge in [0.2, 0.25) is 0 Å². The minimum Gasteiger partial charge on any atom is -0.450 e. The highest BCUT2D eigenvalue weighted by Crippen LogP contribution is 2.43. The predicted octanol–water partition coefficient (Wildman–Crippen LogP) is 1.92. The number of esters is 1. The van der Waals surface area contributed by atoms with Gasteiger partial charge in [-0.1, -0.05) is 0 Å². The van der Waals surface area contributed by atoms with Gasteiger partial charge in [0.25, 0.3) is 0 Å². The van der Waals surface area contributed by atoms with Crippen molar-refractivity contribution < 1.29 is 13.9 Å². The van der Waals surface area contributed by atoms with Gasteiger partial charge in [0.15, 0.2) is 0 Å². The Morgan fingerprint density at radius 2 is 2.06 bits per heavy atom. The zero-order valence-electron chi connectivity index (χ0n) is 9.70. The van der Waals surface area contributed by atoms with Crippen LogP contribution in [0.5, 0.6) is 0 Å². The van der Waals surface area contributed by atoms with Crippen LogP contribution >= 0.6 is 0 Å². The lowest BCUT2D eigenvalue weighted by molar-refractivity contribution is -0.0395. The molecule has 0 aromatic heterocycles. The molecule has 17 heavy (non-hydrogen) atoms. The summed E-state index contributed by atoms with van der Waals surface area (Å²) in [5, 5.41) is 0. The fraction of sp³-hybridized carbons (Fsp3) is 0.462. The molecule has 1 aromatic carbocycles. The van der Waals surface area contributed by atoms with Gasteiger partial charge in [-0.2, -0.15) is 0 Å². The Balaban J connectivity index is 2.05. The first-order valence-corrected chi connectivity index (χ1v) is 5.83. The summed E-state index contributed by atoms with van der Waals surface area (Å²) in [6.45, 7) is 1.73. The lowest BCUT2D eigenvalue weighted by atomic mass is 9.84. The molecule has 2 heterocycles. The normalized spacial score (nSPS) is 22.6. The van der Waals surface area contributed by atoms with E-state index < -0.39 is 5.60 Å². The highest BCUT2D eigenvalue weighted by Gasteiger charge is 2.46. The summed E-state index contributed by atoms with van der Waals surface area (Å²) in [4.78, 5) is 14.0. The summed E-state index contributed by atoms with van der Waals surface area (Å²) in [6.07, 6.45) is 1.48. The van der Waals surface area contributed by atoms with Crippen LogP contribution in [0.1, 0.15) is 28.8 Å². The molecule has 1 spiro atoms. The molecular weight excluding hydrogens is 221 g/mol. The predicted molar refractivity (Wildman–Crippen MR) is 60.2 cm³/mol. The molecule has 3 nitrogen and oxygen atoms in total. The minimum absolute atomic E-state index is 0.305. The Labute approximate surface area is 99.2 Å². The highest BCUT2D eigenvalue weighted by molar-refractivity contribution is 5.94. The van der Waals surface area contributed by atoms with E-state index in [0.717, 1.165) is 31.5 Å². The average Bonchev–Trinajstić information content (AvgIpc) is 2.57. The van der Waals surface area contributed by atoms with Gasteiger partial charge in [0, 0.05) is 31.5 Å². The topological polar surface area (TPSA) is 29.5 Å². The van der Waals surface area contributed by atoms with Crippen LogP contribution in [0, 0.1) is 5.82 Å². The van der Waals surface area contributed by atoms with E-state index >= 15 is 0 Å². The average molecular weight is 235 g/mol. The molecule has 3 rings (SSSR count). The van der Waals surface area contributed by atoms with E-state index in [1.165, 1.54) is 18.2 Å². The van der Waals surface area contributed by atoms with Gasteiger partial charge in [0.1, 0.15) is 11.4 Å². The van der Waals surface area contributed by atoms with Crippen LogP contribution < -0.4 is 0 Å². The van der Waals surface area contributed by atoms with Crippen molar-refractivity contribution in [1.29, 1.82) is 0 Å². The molecule has 1 saturated heterocycles. The molecule has 0 bridgehead atoms. The zero-order valence-corrected chi connectivity index (χ0v) is 9.70. The van der Waals surface area contributed by atoms with E-state index in [0.29, 0.717) is 5.56 Å². The van der Waals surface area contributed by atoms with E-state index in [4.69, 9.17) is 4.74 Å². The number of rotatable bonds is 0. The van der Waals surface area contributed by atoms with Crippen LogP contribution in [0.4, 0.5) is 4.39 Å². The zero-order chi connectivity index (χ0) is 12.0. The van der Waals surface area contributed by atoms with E-state index in [1.807, 2.05) is 7.05 Å². The van der Waals surface area contributed by atoms with Gasteiger partial charge in [-0.25, -0.2) is 9.18 Å². The third-order valence-electron chi connectivity index (χ3n) is 3.78.